The Morgan fingerprint density at radius 3 is 3.00 bits per heavy atom. The number of aryl methyl sites for hydroxylation is 1. The summed E-state index contributed by atoms with van der Waals surface area (Å²) in [6.07, 6.45) is 1.91. The molecular weight excluding hydrogens is 206 g/mol. The predicted octanol–water partition coefficient (Wildman–Crippen LogP) is -0.231. The molecule has 0 aromatic carbocycles. The number of hydrogen-bond acceptors (Lipinski definition) is 5. The van der Waals surface area contributed by atoms with E-state index in [2.05, 4.69) is 27.7 Å². The molecule has 6 nitrogen and oxygen atoms in total. The highest BCUT2D eigenvalue weighted by Crippen LogP contribution is 2.30. The maximum absolute atomic E-state index is 5.51. The first-order chi connectivity index (χ1) is 7.74. The van der Waals surface area contributed by atoms with E-state index in [1.807, 2.05) is 0 Å². The van der Waals surface area contributed by atoms with E-state index in [1.54, 1.807) is 7.05 Å². The van der Waals surface area contributed by atoms with E-state index in [4.69, 9.17) is 4.74 Å². The third-order valence-corrected chi connectivity index (χ3v) is 3.02. The predicted molar refractivity (Wildman–Crippen MR) is 58.9 cm³/mol. The zero-order valence-electron chi connectivity index (χ0n) is 9.94. The van der Waals surface area contributed by atoms with E-state index in [1.165, 1.54) is 4.80 Å². The highest BCUT2D eigenvalue weighted by atomic mass is 16.5. The molecule has 0 spiro atoms. The minimum atomic E-state index is 0.152. The summed E-state index contributed by atoms with van der Waals surface area (Å²) in [6, 6.07) is 0. The summed E-state index contributed by atoms with van der Waals surface area (Å²) < 4.78 is 5.51. The topological polar surface area (TPSA) is 64.9 Å². The van der Waals surface area contributed by atoms with Crippen LogP contribution in [0, 0.1) is 5.41 Å². The molecule has 6 heteroatoms. The number of nitrogens with one attached hydrogen (secondary N) is 1. The van der Waals surface area contributed by atoms with Crippen LogP contribution < -0.4 is 5.32 Å². The Hall–Kier alpha value is -1.01. The maximum Gasteiger partial charge on any atom is 0.175 e. The lowest BCUT2D eigenvalue weighted by molar-refractivity contribution is 0.148. The zero-order chi connectivity index (χ0) is 11.4. The van der Waals surface area contributed by atoms with Gasteiger partial charge in [0, 0.05) is 25.0 Å². The third-order valence-electron chi connectivity index (χ3n) is 3.02. The highest BCUT2D eigenvalue weighted by molar-refractivity contribution is 4.94. The summed E-state index contributed by atoms with van der Waals surface area (Å²) in [5, 5.41) is 15.5. The number of rotatable bonds is 5. The Balaban J connectivity index is 2.02. The molecule has 0 amide bonds. The molecule has 1 N–H and O–H groups in total. The van der Waals surface area contributed by atoms with Gasteiger partial charge in [-0.3, -0.25) is 0 Å². The summed E-state index contributed by atoms with van der Waals surface area (Å²) in [4.78, 5) is 1.51. The van der Waals surface area contributed by atoms with Gasteiger partial charge in [-0.15, -0.1) is 10.2 Å². The van der Waals surface area contributed by atoms with Crippen LogP contribution in [-0.4, -0.2) is 46.5 Å². The lowest BCUT2D eigenvalue weighted by Crippen LogP contribution is -2.37. The second-order valence-corrected chi connectivity index (χ2v) is 4.45. The van der Waals surface area contributed by atoms with Crippen molar-refractivity contribution in [1.29, 1.82) is 0 Å². The van der Waals surface area contributed by atoms with Gasteiger partial charge >= 0.3 is 0 Å². The summed E-state index contributed by atoms with van der Waals surface area (Å²) in [7, 11) is 1.79. The van der Waals surface area contributed by atoms with E-state index in [0.717, 1.165) is 45.0 Å². The molecule has 1 fully saturated rings. The SMILES string of the molecule is CCNCC1(Cc2nnn(C)n2)CCOC1. The van der Waals surface area contributed by atoms with Crippen LogP contribution in [0.2, 0.25) is 0 Å². The molecule has 0 saturated carbocycles. The molecule has 1 aliphatic heterocycles. The maximum atomic E-state index is 5.51. The van der Waals surface area contributed by atoms with Gasteiger partial charge in [0.05, 0.1) is 13.7 Å². The lowest BCUT2D eigenvalue weighted by Gasteiger charge is -2.25. The summed E-state index contributed by atoms with van der Waals surface area (Å²) >= 11 is 0. The van der Waals surface area contributed by atoms with Gasteiger partial charge in [-0.2, -0.15) is 4.80 Å². The first kappa shape index (κ1) is 11.5. The van der Waals surface area contributed by atoms with Crippen LogP contribution in [0.25, 0.3) is 0 Å². The van der Waals surface area contributed by atoms with E-state index in [-0.39, 0.29) is 5.41 Å². The van der Waals surface area contributed by atoms with Crippen molar-refractivity contribution >= 4 is 0 Å². The van der Waals surface area contributed by atoms with E-state index in [0.29, 0.717) is 0 Å². The van der Waals surface area contributed by atoms with Crippen molar-refractivity contribution in [2.75, 3.05) is 26.3 Å². The van der Waals surface area contributed by atoms with Crippen molar-refractivity contribution in [3.05, 3.63) is 5.82 Å². The van der Waals surface area contributed by atoms with Gasteiger partial charge < -0.3 is 10.1 Å². The first-order valence-electron chi connectivity index (χ1n) is 5.75. The van der Waals surface area contributed by atoms with E-state index >= 15 is 0 Å². The summed E-state index contributed by atoms with van der Waals surface area (Å²) in [6.45, 7) is 5.69. The summed E-state index contributed by atoms with van der Waals surface area (Å²) in [5.74, 6) is 0.811. The molecule has 0 bridgehead atoms. The number of hydrogen-bond donors (Lipinski definition) is 1. The molecule has 1 aromatic rings. The van der Waals surface area contributed by atoms with Gasteiger partial charge in [0.2, 0.25) is 0 Å². The fourth-order valence-electron chi connectivity index (χ4n) is 2.11. The number of nitrogens with zero attached hydrogens (tertiary/aromatic N) is 4. The molecule has 2 heterocycles. The van der Waals surface area contributed by atoms with Crippen molar-refractivity contribution < 1.29 is 4.74 Å². The normalized spacial score (nSPS) is 25.1. The second-order valence-electron chi connectivity index (χ2n) is 4.45. The van der Waals surface area contributed by atoms with Crippen LogP contribution in [0.4, 0.5) is 0 Å². The lowest BCUT2D eigenvalue weighted by atomic mass is 9.83. The van der Waals surface area contributed by atoms with Crippen LogP contribution in [0.5, 0.6) is 0 Å². The summed E-state index contributed by atoms with van der Waals surface area (Å²) in [5.41, 5.74) is 0.152. The average molecular weight is 225 g/mol. The Bertz CT molecular complexity index is 332. The van der Waals surface area contributed by atoms with Crippen molar-refractivity contribution in [3.8, 4) is 0 Å². The van der Waals surface area contributed by atoms with Gasteiger partial charge in [0.1, 0.15) is 0 Å². The van der Waals surface area contributed by atoms with E-state index < -0.39 is 0 Å². The number of ether oxygens (including phenoxy) is 1. The Morgan fingerprint density at radius 2 is 2.44 bits per heavy atom. The molecule has 1 atom stereocenters. The van der Waals surface area contributed by atoms with Crippen molar-refractivity contribution in [3.63, 3.8) is 0 Å². The molecule has 1 saturated heterocycles. The third kappa shape index (κ3) is 2.56. The van der Waals surface area contributed by atoms with Crippen LogP contribution in [0.15, 0.2) is 0 Å². The molecule has 16 heavy (non-hydrogen) atoms. The standard InChI is InChI=1S/C10H19N5O/c1-3-11-7-10(4-5-16-8-10)6-9-12-14-15(2)13-9/h11H,3-8H2,1-2H3. The van der Waals surface area contributed by atoms with Crippen molar-refractivity contribution in [1.82, 2.24) is 25.5 Å². The molecular formula is C10H19N5O. The fourth-order valence-corrected chi connectivity index (χ4v) is 2.11. The molecule has 90 valence electrons. The van der Waals surface area contributed by atoms with E-state index in [9.17, 15) is 0 Å². The quantitative estimate of drug-likeness (QED) is 0.750. The van der Waals surface area contributed by atoms with Gasteiger partial charge in [-0.25, -0.2) is 0 Å². The van der Waals surface area contributed by atoms with Gasteiger partial charge in [0.25, 0.3) is 0 Å². The molecule has 2 rings (SSSR count). The molecule has 1 unspecified atom stereocenters. The van der Waals surface area contributed by atoms with Crippen molar-refractivity contribution in [2.45, 2.75) is 19.8 Å². The van der Waals surface area contributed by atoms with Gasteiger partial charge in [0.15, 0.2) is 5.82 Å². The molecule has 0 aliphatic carbocycles. The smallest absolute Gasteiger partial charge is 0.175 e. The monoisotopic (exact) mass is 225 g/mol. The second kappa shape index (κ2) is 4.88. The van der Waals surface area contributed by atoms with Crippen LogP contribution in [0.3, 0.4) is 0 Å². The Morgan fingerprint density at radius 1 is 1.56 bits per heavy atom. The minimum absolute atomic E-state index is 0.152. The van der Waals surface area contributed by atoms with Gasteiger partial charge in [-0.05, 0) is 18.2 Å². The van der Waals surface area contributed by atoms with Crippen LogP contribution in [0.1, 0.15) is 19.2 Å². The number of tetrazole rings is 1. The Labute approximate surface area is 95.4 Å². The molecule has 1 aliphatic rings. The Kier molecular flexibility index (Phi) is 3.50. The minimum Gasteiger partial charge on any atom is -0.381 e. The first-order valence-corrected chi connectivity index (χ1v) is 5.75. The molecule has 1 aromatic heterocycles. The van der Waals surface area contributed by atoms with Crippen LogP contribution >= 0.6 is 0 Å². The molecule has 0 radical (unpaired) electrons. The van der Waals surface area contributed by atoms with Gasteiger partial charge in [-0.1, -0.05) is 6.92 Å². The van der Waals surface area contributed by atoms with Crippen LogP contribution in [-0.2, 0) is 18.2 Å². The number of aromatic nitrogens is 4. The largest absolute Gasteiger partial charge is 0.381 e. The zero-order valence-corrected chi connectivity index (χ0v) is 9.94. The fraction of sp³-hybridized carbons (Fsp3) is 0.900. The highest BCUT2D eigenvalue weighted by Gasteiger charge is 2.36. The van der Waals surface area contributed by atoms with Crippen molar-refractivity contribution in [2.24, 2.45) is 12.5 Å². The average Bonchev–Trinajstić information content (AvgIpc) is 2.87.